The normalized spacial score (nSPS) is 11.3. The maximum absolute atomic E-state index is 10.9. The lowest BCUT2D eigenvalue weighted by Crippen LogP contribution is -2.30. The van der Waals surface area contributed by atoms with E-state index in [2.05, 4.69) is 30.8 Å². The standard InChI is InChI=1S/C10H17N3OS/c1-8(2)12(3)6-7-13-5-4-9(14)11-10(13)15/h4-5,8H,6-7H2,1-3H3,(H,11,14,15). The molecule has 0 aliphatic rings. The first kappa shape index (κ1) is 12.1. The Morgan fingerprint density at radius 2 is 2.27 bits per heavy atom. The summed E-state index contributed by atoms with van der Waals surface area (Å²) in [6.45, 7) is 6.00. The Hall–Kier alpha value is -0.940. The summed E-state index contributed by atoms with van der Waals surface area (Å²) in [6.07, 6.45) is 1.73. The van der Waals surface area contributed by atoms with E-state index in [9.17, 15) is 4.79 Å². The summed E-state index contributed by atoms with van der Waals surface area (Å²) in [5, 5.41) is 0. The Bertz CT molecular complexity index is 421. The van der Waals surface area contributed by atoms with Crippen LogP contribution in [0.5, 0.6) is 0 Å². The average molecular weight is 227 g/mol. The molecule has 0 fully saturated rings. The van der Waals surface area contributed by atoms with Gasteiger partial charge in [0, 0.05) is 31.4 Å². The molecule has 1 aromatic rings. The highest BCUT2D eigenvalue weighted by Crippen LogP contribution is 1.95. The zero-order chi connectivity index (χ0) is 11.4. The van der Waals surface area contributed by atoms with E-state index >= 15 is 0 Å². The monoisotopic (exact) mass is 227 g/mol. The van der Waals surface area contributed by atoms with E-state index in [1.807, 2.05) is 4.57 Å². The van der Waals surface area contributed by atoms with Crippen LogP contribution >= 0.6 is 12.2 Å². The average Bonchev–Trinajstić information content (AvgIpc) is 2.15. The predicted molar refractivity (Wildman–Crippen MR) is 63.7 cm³/mol. The lowest BCUT2D eigenvalue weighted by Gasteiger charge is -2.21. The van der Waals surface area contributed by atoms with Crippen molar-refractivity contribution in [1.29, 1.82) is 0 Å². The van der Waals surface area contributed by atoms with Crippen LogP contribution < -0.4 is 5.56 Å². The minimum absolute atomic E-state index is 0.145. The highest BCUT2D eigenvalue weighted by molar-refractivity contribution is 7.71. The summed E-state index contributed by atoms with van der Waals surface area (Å²) >= 11 is 5.05. The number of aromatic nitrogens is 2. The first-order valence-electron chi connectivity index (χ1n) is 5.00. The molecule has 0 unspecified atom stereocenters. The van der Waals surface area contributed by atoms with Crippen LogP contribution in [-0.4, -0.2) is 34.1 Å². The fourth-order valence-electron chi connectivity index (χ4n) is 1.14. The molecule has 1 rings (SSSR count). The summed E-state index contributed by atoms with van der Waals surface area (Å²) in [5.74, 6) is 0. The molecular weight excluding hydrogens is 210 g/mol. The fourth-order valence-corrected chi connectivity index (χ4v) is 1.40. The van der Waals surface area contributed by atoms with Gasteiger partial charge in [-0.3, -0.25) is 9.78 Å². The lowest BCUT2D eigenvalue weighted by atomic mass is 10.3. The van der Waals surface area contributed by atoms with Crippen molar-refractivity contribution in [2.75, 3.05) is 13.6 Å². The Kier molecular flexibility index (Phi) is 4.23. The van der Waals surface area contributed by atoms with E-state index in [0.717, 1.165) is 13.1 Å². The lowest BCUT2D eigenvalue weighted by molar-refractivity contribution is 0.262. The van der Waals surface area contributed by atoms with Gasteiger partial charge in [-0.1, -0.05) is 0 Å². The van der Waals surface area contributed by atoms with Crippen molar-refractivity contribution in [3.63, 3.8) is 0 Å². The molecule has 5 heteroatoms. The molecule has 0 bridgehead atoms. The van der Waals surface area contributed by atoms with E-state index < -0.39 is 0 Å². The molecule has 0 saturated carbocycles. The van der Waals surface area contributed by atoms with E-state index in [1.54, 1.807) is 6.20 Å². The summed E-state index contributed by atoms with van der Waals surface area (Å²) < 4.78 is 2.36. The van der Waals surface area contributed by atoms with Crippen molar-refractivity contribution in [2.45, 2.75) is 26.4 Å². The summed E-state index contributed by atoms with van der Waals surface area (Å²) in [5.41, 5.74) is -0.145. The zero-order valence-electron chi connectivity index (χ0n) is 9.36. The van der Waals surface area contributed by atoms with Crippen molar-refractivity contribution in [3.05, 3.63) is 27.4 Å². The molecule has 1 N–H and O–H groups in total. The second-order valence-corrected chi connectivity index (χ2v) is 4.26. The van der Waals surface area contributed by atoms with Gasteiger partial charge in [0.05, 0.1) is 0 Å². The van der Waals surface area contributed by atoms with Crippen LogP contribution in [0.2, 0.25) is 0 Å². The van der Waals surface area contributed by atoms with Gasteiger partial charge in [-0.25, -0.2) is 0 Å². The van der Waals surface area contributed by atoms with E-state index in [1.165, 1.54) is 6.07 Å². The number of aromatic amines is 1. The molecule has 0 aliphatic heterocycles. The molecule has 1 heterocycles. The molecular formula is C10H17N3OS. The number of rotatable bonds is 4. The zero-order valence-corrected chi connectivity index (χ0v) is 10.2. The molecule has 0 amide bonds. The predicted octanol–water partition coefficient (Wildman–Crippen LogP) is 1.25. The topological polar surface area (TPSA) is 41.0 Å². The van der Waals surface area contributed by atoms with Crippen LogP contribution in [0.1, 0.15) is 13.8 Å². The molecule has 15 heavy (non-hydrogen) atoms. The summed E-state index contributed by atoms with van der Waals surface area (Å²) in [7, 11) is 2.07. The Morgan fingerprint density at radius 3 is 2.80 bits per heavy atom. The summed E-state index contributed by atoms with van der Waals surface area (Å²) in [4.78, 5) is 15.8. The molecule has 0 radical (unpaired) electrons. The second-order valence-electron chi connectivity index (χ2n) is 3.88. The summed E-state index contributed by atoms with van der Waals surface area (Å²) in [6, 6.07) is 2.01. The number of nitrogens with one attached hydrogen (secondary N) is 1. The third-order valence-corrected chi connectivity index (χ3v) is 2.81. The van der Waals surface area contributed by atoms with Gasteiger partial charge >= 0.3 is 0 Å². The van der Waals surface area contributed by atoms with Crippen LogP contribution in [0.25, 0.3) is 0 Å². The van der Waals surface area contributed by atoms with Crippen molar-refractivity contribution in [2.24, 2.45) is 0 Å². The van der Waals surface area contributed by atoms with Gasteiger partial charge in [-0.15, -0.1) is 0 Å². The van der Waals surface area contributed by atoms with Crippen LogP contribution in [0.15, 0.2) is 17.1 Å². The minimum atomic E-state index is -0.145. The Balaban J connectivity index is 2.66. The van der Waals surface area contributed by atoms with E-state index in [0.29, 0.717) is 10.8 Å². The maximum Gasteiger partial charge on any atom is 0.251 e. The number of H-pyrrole nitrogens is 1. The van der Waals surface area contributed by atoms with Gasteiger partial charge in [0.2, 0.25) is 0 Å². The second kappa shape index (κ2) is 5.23. The van der Waals surface area contributed by atoms with Crippen molar-refractivity contribution in [3.8, 4) is 0 Å². The van der Waals surface area contributed by atoms with Gasteiger partial charge in [0.1, 0.15) is 0 Å². The molecule has 0 aliphatic carbocycles. The molecule has 84 valence electrons. The van der Waals surface area contributed by atoms with Gasteiger partial charge in [0.15, 0.2) is 4.77 Å². The molecule has 0 aromatic carbocycles. The highest BCUT2D eigenvalue weighted by atomic mass is 32.1. The van der Waals surface area contributed by atoms with Crippen molar-refractivity contribution in [1.82, 2.24) is 14.5 Å². The van der Waals surface area contributed by atoms with Crippen LogP contribution in [-0.2, 0) is 6.54 Å². The first-order chi connectivity index (χ1) is 7.00. The SMILES string of the molecule is CC(C)N(C)CCn1ccc(=O)[nH]c1=S. The van der Waals surface area contributed by atoms with E-state index in [4.69, 9.17) is 12.2 Å². The van der Waals surface area contributed by atoms with Crippen LogP contribution in [0.3, 0.4) is 0 Å². The third-order valence-electron chi connectivity index (χ3n) is 2.47. The molecule has 0 atom stereocenters. The van der Waals surface area contributed by atoms with Gasteiger partial charge < -0.3 is 9.47 Å². The quantitative estimate of drug-likeness (QED) is 0.787. The number of likely N-dealkylation sites (N-methyl/N-ethyl adjacent to an activating group) is 1. The van der Waals surface area contributed by atoms with Crippen molar-refractivity contribution < 1.29 is 0 Å². The number of hydrogen-bond acceptors (Lipinski definition) is 3. The molecule has 0 spiro atoms. The minimum Gasteiger partial charge on any atom is -0.324 e. The van der Waals surface area contributed by atoms with E-state index in [-0.39, 0.29) is 5.56 Å². The van der Waals surface area contributed by atoms with Crippen LogP contribution in [0.4, 0.5) is 0 Å². The van der Waals surface area contributed by atoms with Crippen LogP contribution in [0, 0.1) is 4.77 Å². The van der Waals surface area contributed by atoms with Gasteiger partial charge in [-0.2, -0.15) is 0 Å². The maximum atomic E-state index is 10.9. The highest BCUT2D eigenvalue weighted by Gasteiger charge is 2.02. The molecule has 4 nitrogen and oxygen atoms in total. The first-order valence-corrected chi connectivity index (χ1v) is 5.41. The number of nitrogens with zero attached hydrogens (tertiary/aromatic N) is 2. The largest absolute Gasteiger partial charge is 0.324 e. The molecule has 0 saturated heterocycles. The Morgan fingerprint density at radius 1 is 1.60 bits per heavy atom. The number of hydrogen-bond donors (Lipinski definition) is 1. The van der Waals surface area contributed by atoms with Crippen molar-refractivity contribution >= 4 is 12.2 Å². The smallest absolute Gasteiger partial charge is 0.251 e. The third kappa shape index (κ3) is 3.60. The Labute approximate surface area is 94.6 Å². The molecule has 1 aromatic heterocycles. The van der Waals surface area contributed by atoms with Gasteiger partial charge in [-0.05, 0) is 33.1 Å². The fraction of sp³-hybridized carbons (Fsp3) is 0.600. The van der Waals surface area contributed by atoms with Gasteiger partial charge in [0.25, 0.3) is 5.56 Å².